The Morgan fingerprint density at radius 2 is 1.89 bits per heavy atom. The molecule has 4 aromatic rings. The predicted octanol–water partition coefficient (Wildman–Crippen LogP) is 5.66. The molecule has 5 heterocycles. The van der Waals surface area contributed by atoms with Crippen LogP contribution in [0.15, 0.2) is 67.5 Å². The van der Waals surface area contributed by atoms with Crippen molar-refractivity contribution in [3.63, 3.8) is 0 Å². The summed E-state index contributed by atoms with van der Waals surface area (Å²) < 4.78 is 14.0. The number of pyridine rings is 1. The highest BCUT2D eigenvalue weighted by molar-refractivity contribution is 5.96. The number of hydrazine groups is 1. The molecule has 0 saturated carbocycles. The molecule has 2 fully saturated rings. The van der Waals surface area contributed by atoms with Crippen molar-refractivity contribution in [2.45, 2.75) is 92.0 Å². The van der Waals surface area contributed by atoms with Crippen LogP contribution < -0.4 is 10.7 Å². The first-order valence-corrected chi connectivity index (χ1v) is 23.1. The molecule has 2 aromatic carbocycles. The Hall–Kier alpha value is -6.06. The number of nitrogens with zero attached hydrogens (tertiary/aromatic N) is 5. The minimum Gasteiger partial charge on any atom is -0.508 e. The van der Waals surface area contributed by atoms with Gasteiger partial charge in [-0.3, -0.25) is 34.0 Å². The molecule has 7 rings (SSSR count). The summed E-state index contributed by atoms with van der Waals surface area (Å²) in [5.41, 5.74) is 10.0. The van der Waals surface area contributed by atoms with Crippen LogP contribution in [0.1, 0.15) is 70.6 Å². The zero-order valence-corrected chi connectivity index (χ0v) is 39.4. The number of aryl methyl sites for hydroxylation is 1. The van der Waals surface area contributed by atoms with Gasteiger partial charge in [-0.05, 0) is 104 Å². The van der Waals surface area contributed by atoms with E-state index in [0.29, 0.717) is 57.5 Å². The van der Waals surface area contributed by atoms with Gasteiger partial charge in [0.05, 0.1) is 30.7 Å². The lowest BCUT2D eigenvalue weighted by Crippen LogP contribution is -2.58. The van der Waals surface area contributed by atoms with Gasteiger partial charge in [-0.2, -0.15) is 0 Å². The topological polar surface area (TPSA) is 176 Å². The van der Waals surface area contributed by atoms with Crippen LogP contribution >= 0.6 is 0 Å². The number of methoxy groups -OCH3 is 1. The zero-order valence-electron chi connectivity index (χ0n) is 39.4. The number of nitrogens with one attached hydrogen (secondary N) is 2. The first-order chi connectivity index (χ1) is 31.5. The van der Waals surface area contributed by atoms with Crippen molar-refractivity contribution in [3.8, 4) is 28.1 Å². The maximum Gasteiger partial charge on any atom is 0.324 e. The number of fused-ring (bicyclic) bond motifs is 6. The van der Waals surface area contributed by atoms with Crippen molar-refractivity contribution >= 4 is 40.5 Å². The number of aromatic hydroxyl groups is 1. The van der Waals surface area contributed by atoms with Crippen molar-refractivity contribution in [1.82, 2.24) is 35.1 Å². The number of carbonyl (C=O) groups excluding carboxylic acids is 5. The normalized spacial score (nSPS) is 20.5. The fourth-order valence-electron chi connectivity index (χ4n) is 10.0. The third kappa shape index (κ3) is 10.2. The van der Waals surface area contributed by atoms with Gasteiger partial charge in [-0.25, -0.2) is 5.43 Å². The highest BCUT2D eigenvalue weighted by Crippen LogP contribution is 2.41. The van der Waals surface area contributed by atoms with Gasteiger partial charge in [0.1, 0.15) is 17.8 Å². The highest BCUT2D eigenvalue weighted by atomic mass is 16.5. The van der Waals surface area contributed by atoms with Crippen molar-refractivity contribution in [2.24, 2.45) is 23.2 Å². The smallest absolute Gasteiger partial charge is 0.324 e. The molecule has 4 atom stereocenters. The molecular formula is C51H65N7O8. The summed E-state index contributed by atoms with van der Waals surface area (Å²) in [5, 5.41) is 16.8. The summed E-state index contributed by atoms with van der Waals surface area (Å²) in [7, 11) is 3.27. The molecule has 6 bridgehead atoms. The number of ether oxygens (including phenoxy) is 2. The Kier molecular flexibility index (Phi) is 14.7. The van der Waals surface area contributed by atoms with E-state index in [0.717, 1.165) is 44.4 Å². The van der Waals surface area contributed by atoms with Crippen molar-refractivity contribution in [3.05, 3.63) is 84.2 Å². The molecular weight excluding hydrogens is 839 g/mol. The highest BCUT2D eigenvalue weighted by Gasteiger charge is 2.39. The van der Waals surface area contributed by atoms with Crippen LogP contribution in [0.4, 0.5) is 0 Å². The van der Waals surface area contributed by atoms with E-state index < -0.39 is 41.2 Å². The minimum absolute atomic E-state index is 0.0283. The van der Waals surface area contributed by atoms with Crippen LogP contribution in [0, 0.1) is 23.2 Å². The maximum atomic E-state index is 14.6. The Labute approximate surface area is 387 Å². The Morgan fingerprint density at radius 1 is 1.11 bits per heavy atom. The summed E-state index contributed by atoms with van der Waals surface area (Å²) in [5.74, 6) is -3.20. The van der Waals surface area contributed by atoms with E-state index in [-0.39, 0.29) is 55.5 Å². The Morgan fingerprint density at radius 3 is 2.62 bits per heavy atom. The average molecular weight is 904 g/mol. The maximum absolute atomic E-state index is 14.6. The van der Waals surface area contributed by atoms with E-state index in [1.165, 1.54) is 16.0 Å². The second-order valence-electron chi connectivity index (χ2n) is 19.2. The molecule has 3 aliphatic rings. The number of hydrogen-bond donors (Lipinski definition) is 3. The van der Waals surface area contributed by atoms with Crippen LogP contribution in [0.5, 0.6) is 5.75 Å². The van der Waals surface area contributed by atoms with E-state index >= 15 is 0 Å². The van der Waals surface area contributed by atoms with Crippen molar-refractivity contribution in [1.29, 1.82) is 0 Å². The lowest BCUT2D eigenvalue weighted by molar-refractivity contribution is -0.155. The second-order valence-corrected chi connectivity index (χ2v) is 19.2. The number of esters is 1. The summed E-state index contributed by atoms with van der Waals surface area (Å²) in [6.07, 6.45) is 7.08. The quantitative estimate of drug-likeness (QED) is 0.126. The molecule has 4 amide bonds. The molecule has 3 N–H and O–H groups in total. The lowest BCUT2D eigenvalue weighted by Gasteiger charge is -2.36. The van der Waals surface area contributed by atoms with Crippen molar-refractivity contribution < 1.29 is 38.6 Å². The molecule has 2 aromatic heterocycles. The molecule has 2 saturated heterocycles. The molecule has 15 heteroatoms. The van der Waals surface area contributed by atoms with Gasteiger partial charge in [0.15, 0.2) is 0 Å². The first kappa shape index (κ1) is 47.9. The Bertz CT molecular complexity index is 2500. The molecule has 3 aliphatic heterocycles. The summed E-state index contributed by atoms with van der Waals surface area (Å²) >= 11 is 0. The van der Waals surface area contributed by atoms with Gasteiger partial charge in [0.25, 0.3) is 0 Å². The number of aromatic nitrogens is 2. The molecule has 15 nitrogen and oxygen atoms in total. The third-order valence-corrected chi connectivity index (χ3v) is 13.3. The fourth-order valence-corrected chi connectivity index (χ4v) is 10.0. The number of likely N-dealkylation sites (tertiary alicyclic amines) is 1. The number of amides is 4. The van der Waals surface area contributed by atoms with E-state index in [1.807, 2.05) is 38.2 Å². The molecule has 0 aliphatic carbocycles. The van der Waals surface area contributed by atoms with Gasteiger partial charge in [0.2, 0.25) is 23.6 Å². The standard InChI is InChI=1S/C51H65N7O8/c1-9-44(60)56-19-16-34(28-56)48(62)55(7)45(31(3)4)47(61)53-27-36-21-32-20-35(23-38(59)22-32)33-13-14-43-40(24-33)41(46(57(43)10-2)39-15-17-52-26-37(39)29-65-8)25-51(5,6)30-66-50(64)42-12-11-18-58(54-42)49(36)63/h9,13-15,17,20,22-24,26,31,34,36,42,45,54,59H,1,10-12,16,18-19,21,25,27-30H2,2-8H3,(H,53,61)/t34-,36+,42-,45-/m0/s1. The van der Waals surface area contributed by atoms with Crippen LogP contribution in [0.2, 0.25) is 0 Å². The molecule has 0 spiro atoms. The average Bonchev–Trinajstić information content (AvgIpc) is 3.91. The van der Waals surface area contributed by atoms with Crippen LogP contribution in [0.3, 0.4) is 0 Å². The third-order valence-electron chi connectivity index (χ3n) is 13.3. The van der Waals surface area contributed by atoms with E-state index in [4.69, 9.17) is 9.47 Å². The zero-order chi connectivity index (χ0) is 47.4. The van der Waals surface area contributed by atoms with Crippen LogP contribution in [-0.2, 0) is 59.4 Å². The number of carbonyl (C=O) groups is 5. The monoisotopic (exact) mass is 903 g/mol. The Balaban J connectivity index is 1.26. The summed E-state index contributed by atoms with van der Waals surface area (Å²) in [4.78, 5) is 76.2. The van der Waals surface area contributed by atoms with Crippen LogP contribution in [-0.4, -0.2) is 118 Å². The number of phenols is 1. The van der Waals surface area contributed by atoms with Gasteiger partial charge in [0, 0.05) is 86.7 Å². The molecule has 352 valence electrons. The first-order valence-electron chi connectivity index (χ1n) is 23.1. The number of phenolic OH excluding ortho intramolecular Hbond substituents is 1. The molecule has 0 unspecified atom stereocenters. The predicted molar refractivity (Wildman–Crippen MR) is 251 cm³/mol. The number of likely N-dealkylation sites (N-methyl/N-ethyl adjacent to an activating group) is 1. The van der Waals surface area contributed by atoms with Gasteiger partial charge in [-0.15, -0.1) is 0 Å². The number of cyclic esters (lactones) is 1. The van der Waals surface area contributed by atoms with Crippen molar-refractivity contribution in [2.75, 3.05) is 46.9 Å². The number of benzene rings is 2. The van der Waals surface area contributed by atoms with Crippen LogP contribution in [0.25, 0.3) is 33.3 Å². The minimum atomic E-state index is -0.854. The lowest BCUT2D eigenvalue weighted by atomic mass is 9.84. The SMILES string of the molecule is C=CC(=O)N1CC[C@H](C(=O)N(C)[C@H](C(=O)NC[C@H]2Cc3cc(O)cc(c3)-c3ccc4c(c3)c(c(-c3ccncc3COC)n4CC)CC(C)(C)COC(=O)[C@@H]3CCCN(N3)C2=O)C(C)C)C1. The number of rotatable bonds is 11. The van der Waals surface area contributed by atoms with Gasteiger partial charge in [-0.1, -0.05) is 46.4 Å². The van der Waals surface area contributed by atoms with Gasteiger partial charge >= 0.3 is 5.97 Å². The molecule has 66 heavy (non-hydrogen) atoms. The molecule has 0 radical (unpaired) electrons. The van der Waals surface area contributed by atoms with E-state index in [9.17, 15) is 29.1 Å². The largest absolute Gasteiger partial charge is 0.508 e. The summed E-state index contributed by atoms with van der Waals surface area (Å²) in [6.45, 7) is 15.7. The van der Waals surface area contributed by atoms with E-state index in [2.05, 4.69) is 59.8 Å². The van der Waals surface area contributed by atoms with E-state index in [1.54, 1.807) is 37.4 Å². The fraction of sp³-hybridized carbons (Fsp3) is 0.490. The number of hydrogen-bond acceptors (Lipinski definition) is 10. The second kappa shape index (κ2) is 20.2. The summed E-state index contributed by atoms with van der Waals surface area (Å²) in [6, 6.07) is 12.0. The van der Waals surface area contributed by atoms with Gasteiger partial charge < -0.3 is 34.3 Å².